The number of aromatic nitrogens is 2. The van der Waals surface area contributed by atoms with Gasteiger partial charge in [0.2, 0.25) is 5.88 Å². The van der Waals surface area contributed by atoms with Crippen molar-refractivity contribution < 1.29 is 23.4 Å². The van der Waals surface area contributed by atoms with Crippen LogP contribution in [0.4, 0.5) is 4.39 Å². The van der Waals surface area contributed by atoms with Crippen LogP contribution in [0.15, 0.2) is 97.1 Å². The van der Waals surface area contributed by atoms with Crippen molar-refractivity contribution in [2.45, 2.75) is 26.4 Å². The summed E-state index contributed by atoms with van der Waals surface area (Å²) in [4.78, 5) is 21.0. The quantitative estimate of drug-likeness (QED) is 0.129. The summed E-state index contributed by atoms with van der Waals surface area (Å²) >= 11 is 0. The van der Waals surface area contributed by atoms with Gasteiger partial charge in [-0.15, -0.1) is 0 Å². The lowest BCUT2D eigenvalue weighted by Crippen LogP contribution is -2.06. The van der Waals surface area contributed by atoms with Crippen molar-refractivity contribution in [2.75, 3.05) is 13.2 Å². The second kappa shape index (κ2) is 12.8. The molecule has 202 valence electrons. The van der Waals surface area contributed by atoms with Crippen LogP contribution < -0.4 is 9.47 Å². The van der Waals surface area contributed by atoms with Crippen LogP contribution in [0.3, 0.4) is 0 Å². The van der Waals surface area contributed by atoms with Crippen LogP contribution in [-0.2, 0) is 16.1 Å². The van der Waals surface area contributed by atoms with Crippen molar-refractivity contribution in [2.24, 2.45) is 0 Å². The highest BCUT2D eigenvalue weighted by atomic mass is 19.1. The van der Waals surface area contributed by atoms with Gasteiger partial charge in [0.05, 0.1) is 18.9 Å². The summed E-state index contributed by atoms with van der Waals surface area (Å²) in [6.45, 7) is 2.80. The Bertz CT molecular complexity index is 1610. The van der Waals surface area contributed by atoms with Gasteiger partial charge < -0.3 is 14.2 Å². The number of esters is 1. The average Bonchev–Trinajstić information content (AvgIpc) is 2.98. The van der Waals surface area contributed by atoms with E-state index in [4.69, 9.17) is 19.2 Å². The number of benzene rings is 4. The van der Waals surface area contributed by atoms with Crippen molar-refractivity contribution in [1.29, 1.82) is 0 Å². The van der Waals surface area contributed by atoms with E-state index in [1.54, 1.807) is 19.1 Å². The third kappa shape index (κ3) is 6.99. The van der Waals surface area contributed by atoms with Crippen LogP contribution in [0.5, 0.6) is 11.6 Å². The van der Waals surface area contributed by atoms with Gasteiger partial charge in [0.1, 0.15) is 18.2 Å². The highest BCUT2D eigenvalue weighted by Crippen LogP contribution is 2.29. The molecule has 0 fully saturated rings. The topological polar surface area (TPSA) is 70.5 Å². The number of carbonyl (C=O) groups is 1. The predicted octanol–water partition coefficient (Wildman–Crippen LogP) is 7.40. The first-order chi connectivity index (χ1) is 19.6. The number of ether oxygens (including phenoxy) is 3. The van der Waals surface area contributed by atoms with Crippen LogP contribution in [0, 0.1) is 5.82 Å². The molecule has 0 aliphatic heterocycles. The summed E-state index contributed by atoms with van der Waals surface area (Å²) in [6.07, 6.45) is 0.926. The van der Waals surface area contributed by atoms with Gasteiger partial charge in [0, 0.05) is 23.6 Å². The van der Waals surface area contributed by atoms with Crippen LogP contribution in [0.1, 0.15) is 25.3 Å². The maximum absolute atomic E-state index is 13.6. The SMILES string of the molecule is CCOC(=O)CCCOc1ccc2cc(-c3nc(OCc4cccc(F)c4)cc(-c4ccccc4)n3)ccc2c1. The lowest BCUT2D eigenvalue weighted by molar-refractivity contribution is -0.143. The second-order valence-electron chi connectivity index (χ2n) is 9.18. The Labute approximate surface area is 232 Å². The monoisotopic (exact) mass is 536 g/mol. The Hall–Kier alpha value is -4.78. The molecule has 0 amide bonds. The molecule has 0 radical (unpaired) electrons. The number of halogens is 1. The maximum atomic E-state index is 13.6. The van der Waals surface area contributed by atoms with E-state index < -0.39 is 0 Å². The van der Waals surface area contributed by atoms with Crippen molar-refractivity contribution in [3.05, 3.63) is 108 Å². The highest BCUT2D eigenvalue weighted by Gasteiger charge is 2.12. The van der Waals surface area contributed by atoms with Crippen LogP contribution in [-0.4, -0.2) is 29.2 Å². The second-order valence-corrected chi connectivity index (χ2v) is 9.18. The Morgan fingerprint density at radius 1 is 0.800 bits per heavy atom. The third-order valence-corrected chi connectivity index (χ3v) is 6.22. The molecule has 0 saturated heterocycles. The molecule has 0 bridgehead atoms. The Morgan fingerprint density at radius 2 is 1.62 bits per heavy atom. The van der Waals surface area contributed by atoms with E-state index in [9.17, 15) is 9.18 Å². The number of nitrogens with zero attached hydrogens (tertiary/aromatic N) is 2. The third-order valence-electron chi connectivity index (χ3n) is 6.22. The Morgan fingerprint density at radius 3 is 2.45 bits per heavy atom. The zero-order chi connectivity index (χ0) is 27.7. The summed E-state index contributed by atoms with van der Waals surface area (Å²) in [6, 6.07) is 29.8. The summed E-state index contributed by atoms with van der Waals surface area (Å²) < 4.78 is 30.4. The molecule has 0 aliphatic rings. The fourth-order valence-electron chi connectivity index (χ4n) is 4.26. The molecular weight excluding hydrogens is 507 g/mol. The molecule has 0 saturated carbocycles. The van der Waals surface area contributed by atoms with E-state index in [2.05, 4.69) is 4.98 Å². The van der Waals surface area contributed by atoms with Crippen molar-refractivity contribution in [1.82, 2.24) is 9.97 Å². The molecular formula is C33H29FN2O4. The zero-order valence-electron chi connectivity index (χ0n) is 22.2. The molecule has 0 atom stereocenters. The molecule has 6 nitrogen and oxygen atoms in total. The zero-order valence-corrected chi connectivity index (χ0v) is 22.2. The van der Waals surface area contributed by atoms with Gasteiger partial charge in [-0.1, -0.05) is 60.7 Å². The average molecular weight is 537 g/mol. The van der Waals surface area contributed by atoms with Crippen molar-refractivity contribution in [3.8, 4) is 34.3 Å². The van der Waals surface area contributed by atoms with Gasteiger partial charge >= 0.3 is 5.97 Å². The van der Waals surface area contributed by atoms with E-state index in [1.807, 2.05) is 72.8 Å². The molecule has 0 unspecified atom stereocenters. The molecule has 5 rings (SSSR count). The van der Waals surface area contributed by atoms with Gasteiger partial charge in [-0.05, 0) is 60.0 Å². The van der Waals surface area contributed by atoms with E-state index in [-0.39, 0.29) is 18.4 Å². The molecule has 40 heavy (non-hydrogen) atoms. The maximum Gasteiger partial charge on any atom is 0.305 e. The smallest absolute Gasteiger partial charge is 0.305 e. The first-order valence-electron chi connectivity index (χ1n) is 13.2. The lowest BCUT2D eigenvalue weighted by atomic mass is 10.1. The summed E-state index contributed by atoms with van der Waals surface area (Å²) in [5.74, 6) is 1.14. The van der Waals surface area contributed by atoms with Gasteiger partial charge in [-0.2, -0.15) is 4.98 Å². The van der Waals surface area contributed by atoms with Gasteiger partial charge in [0.15, 0.2) is 5.82 Å². The minimum Gasteiger partial charge on any atom is -0.494 e. The summed E-state index contributed by atoms with van der Waals surface area (Å²) in [7, 11) is 0. The fraction of sp³-hybridized carbons (Fsp3) is 0.182. The van der Waals surface area contributed by atoms with Gasteiger partial charge in [-0.25, -0.2) is 9.37 Å². The van der Waals surface area contributed by atoms with Crippen molar-refractivity contribution in [3.63, 3.8) is 0 Å². The molecule has 1 aromatic heterocycles. The van der Waals surface area contributed by atoms with Gasteiger partial charge in [0.25, 0.3) is 0 Å². The normalized spacial score (nSPS) is 10.8. The molecule has 0 spiro atoms. The minimum atomic E-state index is -0.309. The van der Waals surface area contributed by atoms with Crippen molar-refractivity contribution >= 4 is 16.7 Å². The lowest BCUT2D eigenvalue weighted by Gasteiger charge is -2.11. The summed E-state index contributed by atoms with van der Waals surface area (Å²) in [5.41, 5.74) is 3.22. The fourth-order valence-corrected chi connectivity index (χ4v) is 4.26. The van der Waals surface area contributed by atoms with E-state index in [0.717, 1.165) is 33.3 Å². The van der Waals surface area contributed by atoms with E-state index in [0.29, 0.717) is 43.3 Å². The first kappa shape index (κ1) is 26.8. The molecule has 4 aromatic carbocycles. The molecule has 0 aliphatic carbocycles. The highest BCUT2D eigenvalue weighted by molar-refractivity contribution is 5.87. The number of carbonyl (C=O) groups excluding carboxylic acids is 1. The van der Waals surface area contributed by atoms with Crippen LogP contribution >= 0.6 is 0 Å². The standard InChI is InChI=1S/C33H29FN2O4/c1-2-38-32(37)12-7-17-39-29-16-15-25-19-27(14-13-26(25)20-29)33-35-30(24-9-4-3-5-10-24)21-31(36-33)40-22-23-8-6-11-28(34)18-23/h3-6,8-11,13-16,18-21H,2,7,12,17,22H2,1H3. The van der Waals surface area contributed by atoms with Gasteiger partial charge in [-0.3, -0.25) is 4.79 Å². The largest absolute Gasteiger partial charge is 0.494 e. The minimum absolute atomic E-state index is 0.183. The molecule has 0 N–H and O–H groups in total. The van der Waals surface area contributed by atoms with Crippen LogP contribution in [0.2, 0.25) is 0 Å². The van der Waals surface area contributed by atoms with E-state index in [1.165, 1.54) is 12.1 Å². The number of hydrogen-bond donors (Lipinski definition) is 0. The Balaban J connectivity index is 1.37. The number of rotatable bonds is 11. The van der Waals surface area contributed by atoms with Crippen LogP contribution in [0.25, 0.3) is 33.4 Å². The number of fused-ring (bicyclic) bond motifs is 1. The Kier molecular flexibility index (Phi) is 8.61. The summed E-state index contributed by atoms with van der Waals surface area (Å²) in [5, 5.41) is 2.01. The predicted molar refractivity (Wildman–Crippen MR) is 153 cm³/mol. The van der Waals surface area contributed by atoms with E-state index >= 15 is 0 Å². The molecule has 1 heterocycles. The molecule has 7 heteroatoms. The molecule has 5 aromatic rings. The first-order valence-corrected chi connectivity index (χ1v) is 13.2. The number of hydrogen-bond acceptors (Lipinski definition) is 6.